The molecule has 0 aliphatic rings. The molecule has 0 spiro atoms. The van der Waals surface area contributed by atoms with Crippen molar-refractivity contribution < 1.29 is 4.79 Å². The largest absolute Gasteiger partial charge is 0.399 e. The predicted octanol–water partition coefficient (Wildman–Crippen LogP) is 4.07. The second kappa shape index (κ2) is 5.57. The van der Waals surface area contributed by atoms with Gasteiger partial charge in [-0.3, -0.25) is 4.79 Å². The maximum absolute atomic E-state index is 12.3. The van der Waals surface area contributed by atoms with Gasteiger partial charge in [0.25, 0.3) is 0 Å². The van der Waals surface area contributed by atoms with E-state index >= 15 is 0 Å². The zero-order chi connectivity index (χ0) is 14.0. The highest BCUT2D eigenvalue weighted by Crippen LogP contribution is 2.19. The third-order valence-electron chi connectivity index (χ3n) is 2.89. The molecule has 2 aromatic carbocycles. The van der Waals surface area contributed by atoms with Crippen LogP contribution in [0, 0.1) is 13.8 Å². The van der Waals surface area contributed by atoms with Gasteiger partial charge in [-0.2, -0.15) is 0 Å². The lowest BCUT2D eigenvalue weighted by Gasteiger charge is -2.06. The summed E-state index contributed by atoms with van der Waals surface area (Å²) in [6.45, 7) is 4.08. The molecular weight excluding hydrogens is 302 g/mol. The second-order valence-electron chi connectivity index (χ2n) is 4.87. The van der Waals surface area contributed by atoms with Crippen LogP contribution in [-0.2, 0) is 6.42 Å². The maximum Gasteiger partial charge on any atom is 0.167 e. The number of hydrogen-bond donors (Lipinski definition) is 1. The highest BCUT2D eigenvalue weighted by Gasteiger charge is 2.09. The fraction of sp³-hybridized carbons (Fsp3) is 0.188. The summed E-state index contributed by atoms with van der Waals surface area (Å²) in [6.07, 6.45) is 0.401. The molecule has 0 aliphatic heterocycles. The molecule has 0 aliphatic carbocycles. The van der Waals surface area contributed by atoms with Gasteiger partial charge < -0.3 is 5.73 Å². The predicted molar refractivity (Wildman–Crippen MR) is 82.5 cm³/mol. The lowest BCUT2D eigenvalue weighted by molar-refractivity contribution is 0.0993. The summed E-state index contributed by atoms with van der Waals surface area (Å²) in [5.41, 5.74) is 10.4. The number of rotatable bonds is 3. The Labute approximate surface area is 121 Å². The van der Waals surface area contributed by atoms with E-state index in [2.05, 4.69) is 22.0 Å². The number of aryl methyl sites for hydroxylation is 2. The average Bonchev–Trinajstić information content (AvgIpc) is 2.25. The molecule has 2 rings (SSSR count). The SMILES string of the molecule is Cc1cc(C)cc(CC(=O)c2cc(N)cc(Br)c2)c1. The van der Waals surface area contributed by atoms with Gasteiger partial charge in [-0.1, -0.05) is 45.3 Å². The van der Waals surface area contributed by atoms with Crippen LogP contribution in [0.2, 0.25) is 0 Å². The molecule has 0 bridgehead atoms. The monoisotopic (exact) mass is 317 g/mol. The van der Waals surface area contributed by atoms with Crippen LogP contribution in [0.15, 0.2) is 40.9 Å². The number of nitrogens with two attached hydrogens (primary N) is 1. The van der Waals surface area contributed by atoms with Gasteiger partial charge in [0.15, 0.2) is 5.78 Å². The molecule has 2 N–H and O–H groups in total. The summed E-state index contributed by atoms with van der Waals surface area (Å²) in [4.78, 5) is 12.3. The Kier molecular flexibility index (Phi) is 4.05. The first-order valence-corrected chi connectivity index (χ1v) is 6.90. The van der Waals surface area contributed by atoms with Crippen LogP contribution < -0.4 is 5.73 Å². The van der Waals surface area contributed by atoms with Gasteiger partial charge in [-0.25, -0.2) is 0 Å². The molecule has 0 aromatic heterocycles. The molecule has 2 nitrogen and oxygen atoms in total. The molecule has 98 valence electrons. The summed E-state index contributed by atoms with van der Waals surface area (Å²) in [5, 5.41) is 0. The smallest absolute Gasteiger partial charge is 0.167 e. The van der Waals surface area contributed by atoms with Gasteiger partial charge in [-0.15, -0.1) is 0 Å². The Bertz CT molecular complexity index is 594. The van der Waals surface area contributed by atoms with Crippen molar-refractivity contribution in [3.05, 3.63) is 63.1 Å². The Morgan fingerprint density at radius 2 is 1.68 bits per heavy atom. The Hall–Kier alpha value is -1.61. The minimum atomic E-state index is 0.0815. The van der Waals surface area contributed by atoms with E-state index in [1.165, 1.54) is 11.1 Å². The van der Waals surface area contributed by atoms with Gasteiger partial charge >= 0.3 is 0 Å². The Morgan fingerprint density at radius 3 is 2.26 bits per heavy atom. The van der Waals surface area contributed by atoms with Crippen LogP contribution in [0.1, 0.15) is 27.0 Å². The number of Topliss-reactive ketones (excluding diaryl/α,β-unsaturated/α-hetero) is 1. The van der Waals surface area contributed by atoms with Gasteiger partial charge in [0.05, 0.1) is 0 Å². The van der Waals surface area contributed by atoms with Crippen LogP contribution in [0.4, 0.5) is 5.69 Å². The number of anilines is 1. The van der Waals surface area contributed by atoms with E-state index < -0.39 is 0 Å². The second-order valence-corrected chi connectivity index (χ2v) is 5.78. The van der Waals surface area contributed by atoms with Gasteiger partial charge in [-0.05, 0) is 37.6 Å². The third kappa shape index (κ3) is 3.67. The summed E-state index contributed by atoms with van der Waals surface area (Å²) in [7, 11) is 0. The van der Waals surface area contributed by atoms with Crippen LogP contribution >= 0.6 is 15.9 Å². The molecule has 0 fully saturated rings. The first kappa shape index (κ1) is 13.8. The summed E-state index contributed by atoms with van der Waals surface area (Å²) < 4.78 is 0.830. The third-order valence-corrected chi connectivity index (χ3v) is 3.35. The zero-order valence-corrected chi connectivity index (χ0v) is 12.6. The lowest BCUT2D eigenvalue weighted by Crippen LogP contribution is -2.05. The summed E-state index contributed by atoms with van der Waals surface area (Å²) >= 11 is 3.36. The maximum atomic E-state index is 12.3. The molecular formula is C16H16BrNO. The minimum absolute atomic E-state index is 0.0815. The fourth-order valence-corrected chi connectivity index (χ4v) is 2.74. The van der Waals surface area contributed by atoms with E-state index in [0.717, 1.165) is 10.0 Å². The first-order valence-electron chi connectivity index (χ1n) is 6.10. The Balaban J connectivity index is 2.25. The minimum Gasteiger partial charge on any atom is -0.399 e. The summed E-state index contributed by atoms with van der Waals surface area (Å²) in [6, 6.07) is 11.5. The number of halogens is 1. The fourth-order valence-electron chi connectivity index (χ4n) is 2.23. The molecule has 0 saturated heterocycles. The van der Waals surface area contributed by atoms with Gasteiger partial charge in [0.1, 0.15) is 0 Å². The zero-order valence-electron chi connectivity index (χ0n) is 11.0. The van der Waals surface area contributed by atoms with Crippen LogP contribution in [0.5, 0.6) is 0 Å². The normalized spacial score (nSPS) is 10.5. The van der Waals surface area contributed by atoms with Crippen molar-refractivity contribution in [1.82, 2.24) is 0 Å². The molecule has 0 amide bonds. The van der Waals surface area contributed by atoms with E-state index in [9.17, 15) is 4.79 Å². The highest BCUT2D eigenvalue weighted by molar-refractivity contribution is 9.10. The standard InChI is InChI=1S/C16H16BrNO/c1-10-3-11(2)5-12(4-10)6-16(19)13-7-14(17)9-15(18)8-13/h3-5,7-9H,6,18H2,1-2H3. The molecule has 0 saturated carbocycles. The van der Waals surface area contributed by atoms with Crippen LogP contribution in [-0.4, -0.2) is 5.78 Å². The average molecular weight is 318 g/mol. The highest BCUT2D eigenvalue weighted by atomic mass is 79.9. The number of ketones is 1. The van der Waals surface area contributed by atoms with Crippen molar-refractivity contribution in [1.29, 1.82) is 0 Å². The van der Waals surface area contributed by atoms with E-state index in [4.69, 9.17) is 5.73 Å². The van der Waals surface area contributed by atoms with Gasteiger partial charge in [0.2, 0.25) is 0 Å². The summed E-state index contributed by atoms with van der Waals surface area (Å²) in [5.74, 6) is 0.0815. The van der Waals surface area contributed by atoms with Gasteiger partial charge in [0, 0.05) is 22.1 Å². The topological polar surface area (TPSA) is 43.1 Å². The van der Waals surface area contributed by atoms with Crippen molar-refractivity contribution in [2.75, 3.05) is 5.73 Å². The first-order chi connectivity index (χ1) is 8.94. The molecule has 0 atom stereocenters. The molecule has 3 heteroatoms. The van der Waals surface area contributed by atoms with Crippen molar-refractivity contribution in [3.63, 3.8) is 0 Å². The van der Waals surface area contributed by atoms with Crippen molar-refractivity contribution in [2.24, 2.45) is 0 Å². The Morgan fingerprint density at radius 1 is 1.05 bits per heavy atom. The van der Waals surface area contributed by atoms with E-state index in [0.29, 0.717) is 17.7 Å². The molecule has 0 radical (unpaired) electrons. The molecule has 19 heavy (non-hydrogen) atoms. The lowest BCUT2D eigenvalue weighted by atomic mass is 9.99. The van der Waals surface area contributed by atoms with Crippen LogP contribution in [0.25, 0.3) is 0 Å². The number of carbonyl (C=O) groups excluding carboxylic acids is 1. The van der Waals surface area contributed by atoms with Crippen LogP contribution in [0.3, 0.4) is 0 Å². The van der Waals surface area contributed by atoms with Crippen molar-refractivity contribution in [2.45, 2.75) is 20.3 Å². The molecule has 2 aromatic rings. The number of nitrogen functional groups attached to an aromatic ring is 1. The number of carbonyl (C=O) groups is 1. The quantitative estimate of drug-likeness (QED) is 0.685. The van der Waals surface area contributed by atoms with E-state index in [1.54, 1.807) is 18.2 Å². The number of hydrogen-bond acceptors (Lipinski definition) is 2. The molecule has 0 heterocycles. The van der Waals surface area contributed by atoms with Crippen molar-refractivity contribution in [3.8, 4) is 0 Å². The van der Waals surface area contributed by atoms with E-state index in [1.807, 2.05) is 26.0 Å². The molecule has 0 unspecified atom stereocenters. The number of benzene rings is 2. The van der Waals surface area contributed by atoms with E-state index in [-0.39, 0.29) is 5.78 Å². The van der Waals surface area contributed by atoms with Crippen molar-refractivity contribution >= 4 is 27.4 Å².